The molecule has 0 radical (unpaired) electrons. The van der Waals surface area contributed by atoms with Crippen molar-refractivity contribution < 1.29 is 14.3 Å². The van der Waals surface area contributed by atoms with Gasteiger partial charge in [-0.3, -0.25) is 14.6 Å². The van der Waals surface area contributed by atoms with E-state index in [0.29, 0.717) is 18.7 Å². The molecular weight excluding hydrogens is 270 g/mol. The van der Waals surface area contributed by atoms with Crippen LogP contribution in [0.2, 0.25) is 0 Å². The lowest BCUT2D eigenvalue weighted by molar-refractivity contribution is -0.121. The second-order valence-corrected chi connectivity index (χ2v) is 5.55. The largest absolute Gasteiger partial charge is 0.382 e. The van der Waals surface area contributed by atoms with Gasteiger partial charge in [-0.1, -0.05) is 0 Å². The number of hydrogen-bond donors (Lipinski definition) is 1. The molecule has 1 saturated heterocycles. The summed E-state index contributed by atoms with van der Waals surface area (Å²) in [5, 5.41) is 0. The van der Waals surface area contributed by atoms with Crippen LogP contribution in [-0.4, -0.2) is 47.5 Å². The fraction of sp³-hybridized carbons (Fsp3) is 0.533. The van der Waals surface area contributed by atoms with Gasteiger partial charge in [0.1, 0.15) is 0 Å². The number of primary amides is 1. The van der Waals surface area contributed by atoms with Crippen molar-refractivity contribution in [3.05, 3.63) is 29.6 Å². The molecule has 2 heterocycles. The Balaban J connectivity index is 2.31. The highest BCUT2D eigenvalue weighted by molar-refractivity contribution is 5.95. The Bertz CT molecular complexity index is 547. The highest BCUT2D eigenvalue weighted by atomic mass is 16.5. The smallest absolute Gasteiger partial charge is 0.254 e. The molecule has 6 heteroatoms. The fourth-order valence-corrected chi connectivity index (χ4v) is 3.07. The molecule has 1 fully saturated rings. The number of carbonyl (C=O) groups is 2. The summed E-state index contributed by atoms with van der Waals surface area (Å²) in [6.45, 7) is 2.76. The SMILES string of the molecule is COCC1(CC(N)=O)CCCN1C(=O)c1ccnc(C)c1. The standard InChI is InChI=1S/C15H21N3O3/c1-11-8-12(4-6-17-11)14(20)18-7-3-5-15(18,10-21-2)9-13(16)19/h4,6,8H,3,5,7,9-10H2,1-2H3,(H2,16,19). The van der Waals surface area contributed by atoms with E-state index in [1.807, 2.05) is 6.92 Å². The summed E-state index contributed by atoms with van der Waals surface area (Å²) in [6, 6.07) is 3.44. The molecule has 0 saturated carbocycles. The normalized spacial score (nSPS) is 21.5. The Morgan fingerprint density at radius 3 is 2.90 bits per heavy atom. The van der Waals surface area contributed by atoms with Gasteiger partial charge in [0.05, 0.1) is 18.6 Å². The second-order valence-electron chi connectivity index (χ2n) is 5.55. The predicted octanol–water partition coefficient (Wildman–Crippen LogP) is 0.887. The summed E-state index contributed by atoms with van der Waals surface area (Å²) in [6.07, 6.45) is 3.30. The summed E-state index contributed by atoms with van der Waals surface area (Å²) in [5.41, 5.74) is 6.10. The van der Waals surface area contributed by atoms with Crippen LogP contribution in [0.4, 0.5) is 0 Å². The number of pyridine rings is 1. The lowest BCUT2D eigenvalue weighted by Crippen LogP contribution is -2.52. The van der Waals surface area contributed by atoms with E-state index >= 15 is 0 Å². The van der Waals surface area contributed by atoms with Gasteiger partial charge in [0.2, 0.25) is 5.91 Å². The van der Waals surface area contributed by atoms with Crippen molar-refractivity contribution in [2.45, 2.75) is 31.7 Å². The van der Waals surface area contributed by atoms with E-state index < -0.39 is 11.4 Å². The molecule has 0 aromatic carbocycles. The minimum Gasteiger partial charge on any atom is -0.382 e. The van der Waals surface area contributed by atoms with E-state index in [4.69, 9.17) is 10.5 Å². The average Bonchev–Trinajstić information content (AvgIpc) is 2.80. The Morgan fingerprint density at radius 1 is 1.52 bits per heavy atom. The molecule has 6 nitrogen and oxygen atoms in total. The van der Waals surface area contributed by atoms with E-state index in [1.54, 1.807) is 30.3 Å². The first-order chi connectivity index (χ1) is 9.98. The van der Waals surface area contributed by atoms with Crippen LogP contribution in [0.15, 0.2) is 18.3 Å². The highest BCUT2D eigenvalue weighted by Gasteiger charge is 2.45. The Kier molecular flexibility index (Phi) is 4.57. The van der Waals surface area contributed by atoms with Crippen LogP contribution in [0, 0.1) is 6.92 Å². The molecule has 1 aliphatic heterocycles. The van der Waals surface area contributed by atoms with Gasteiger partial charge in [0.25, 0.3) is 5.91 Å². The second kappa shape index (κ2) is 6.22. The van der Waals surface area contributed by atoms with Gasteiger partial charge in [-0.15, -0.1) is 0 Å². The molecule has 1 aliphatic rings. The maximum absolute atomic E-state index is 12.8. The first-order valence-electron chi connectivity index (χ1n) is 7.00. The van der Waals surface area contributed by atoms with E-state index in [0.717, 1.165) is 18.5 Å². The summed E-state index contributed by atoms with van der Waals surface area (Å²) in [7, 11) is 1.57. The zero-order valence-electron chi connectivity index (χ0n) is 12.5. The third-order valence-electron chi connectivity index (χ3n) is 3.90. The van der Waals surface area contributed by atoms with Gasteiger partial charge in [0, 0.05) is 31.1 Å². The molecule has 114 valence electrons. The van der Waals surface area contributed by atoms with Gasteiger partial charge >= 0.3 is 0 Å². The number of nitrogens with zero attached hydrogens (tertiary/aromatic N) is 2. The number of nitrogens with two attached hydrogens (primary N) is 1. The summed E-state index contributed by atoms with van der Waals surface area (Å²) in [4.78, 5) is 30.0. The number of hydrogen-bond acceptors (Lipinski definition) is 4. The molecule has 21 heavy (non-hydrogen) atoms. The number of aromatic nitrogens is 1. The van der Waals surface area contributed by atoms with Crippen LogP contribution in [0.3, 0.4) is 0 Å². The van der Waals surface area contributed by atoms with Crippen molar-refractivity contribution in [2.75, 3.05) is 20.3 Å². The fourth-order valence-electron chi connectivity index (χ4n) is 3.07. The zero-order chi connectivity index (χ0) is 15.5. The molecule has 2 rings (SSSR count). The Morgan fingerprint density at radius 2 is 2.29 bits per heavy atom. The number of likely N-dealkylation sites (tertiary alicyclic amines) is 1. The minimum absolute atomic E-state index is 0.101. The van der Waals surface area contributed by atoms with Crippen molar-refractivity contribution in [1.82, 2.24) is 9.88 Å². The quantitative estimate of drug-likeness (QED) is 0.873. The molecule has 0 spiro atoms. The number of ether oxygens (including phenoxy) is 1. The number of aryl methyl sites for hydroxylation is 1. The Labute approximate surface area is 124 Å². The molecule has 2 N–H and O–H groups in total. The lowest BCUT2D eigenvalue weighted by Gasteiger charge is -2.37. The molecule has 1 atom stereocenters. The van der Waals surface area contributed by atoms with Crippen molar-refractivity contribution in [2.24, 2.45) is 5.73 Å². The van der Waals surface area contributed by atoms with Gasteiger partial charge in [-0.05, 0) is 31.9 Å². The number of methoxy groups -OCH3 is 1. The monoisotopic (exact) mass is 291 g/mol. The van der Waals surface area contributed by atoms with E-state index in [2.05, 4.69) is 4.98 Å². The van der Waals surface area contributed by atoms with E-state index in [1.165, 1.54) is 0 Å². The van der Waals surface area contributed by atoms with Crippen LogP contribution in [0.5, 0.6) is 0 Å². The van der Waals surface area contributed by atoms with E-state index in [9.17, 15) is 9.59 Å². The third-order valence-corrected chi connectivity index (χ3v) is 3.90. The third kappa shape index (κ3) is 3.21. The first-order valence-corrected chi connectivity index (χ1v) is 7.00. The topological polar surface area (TPSA) is 85.5 Å². The summed E-state index contributed by atoms with van der Waals surface area (Å²) < 4.78 is 5.26. The first kappa shape index (κ1) is 15.4. The number of rotatable bonds is 5. The average molecular weight is 291 g/mol. The summed E-state index contributed by atoms with van der Waals surface area (Å²) in [5.74, 6) is -0.519. The van der Waals surface area contributed by atoms with Crippen LogP contribution in [0.1, 0.15) is 35.3 Å². The van der Waals surface area contributed by atoms with Crippen LogP contribution in [-0.2, 0) is 9.53 Å². The maximum atomic E-state index is 12.8. The van der Waals surface area contributed by atoms with Gasteiger partial charge in [-0.25, -0.2) is 0 Å². The number of amides is 2. The molecule has 1 aromatic rings. The van der Waals surface area contributed by atoms with Crippen molar-refractivity contribution in [3.8, 4) is 0 Å². The molecule has 1 aromatic heterocycles. The van der Waals surface area contributed by atoms with E-state index in [-0.39, 0.29) is 12.3 Å². The highest BCUT2D eigenvalue weighted by Crippen LogP contribution is 2.34. The van der Waals surface area contributed by atoms with Crippen LogP contribution >= 0.6 is 0 Å². The molecule has 0 aliphatic carbocycles. The maximum Gasteiger partial charge on any atom is 0.254 e. The lowest BCUT2D eigenvalue weighted by atomic mass is 9.92. The summed E-state index contributed by atoms with van der Waals surface area (Å²) >= 11 is 0. The number of carbonyl (C=O) groups excluding carboxylic acids is 2. The van der Waals surface area contributed by atoms with Crippen LogP contribution in [0.25, 0.3) is 0 Å². The van der Waals surface area contributed by atoms with Gasteiger partial charge < -0.3 is 15.4 Å². The molecule has 2 amide bonds. The molecule has 0 bridgehead atoms. The van der Waals surface area contributed by atoms with Gasteiger partial charge in [-0.2, -0.15) is 0 Å². The predicted molar refractivity (Wildman–Crippen MR) is 77.7 cm³/mol. The minimum atomic E-state index is -0.630. The van der Waals surface area contributed by atoms with Gasteiger partial charge in [0.15, 0.2) is 0 Å². The van der Waals surface area contributed by atoms with Crippen molar-refractivity contribution in [1.29, 1.82) is 0 Å². The van der Waals surface area contributed by atoms with Crippen molar-refractivity contribution >= 4 is 11.8 Å². The Hall–Kier alpha value is -1.95. The van der Waals surface area contributed by atoms with Crippen molar-refractivity contribution in [3.63, 3.8) is 0 Å². The van der Waals surface area contributed by atoms with Crippen LogP contribution < -0.4 is 5.73 Å². The molecule has 1 unspecified atom stereocenters. The zero-order valence-corrected chi connectivity index (χ0v) is 12.5. The molecular formula is C15H21N3O3.